The maximum Gasteiger partial charge on any atom is 0.338 e. The lowest BCUT2D eigenvalue weighted by Crippen LogP contribution is -2.03. The summed E-state index contributed by atoms with van der Waals surface area (Å²) in [6.07, 6.45) is 5.75. The molecule has 0 aromatic heterocycles. The van der Waals surface area contributed by atoms with Crippen LogP contribution in [0, 0.1) is 11.6 Å². The molecule has 25 heavy (non-hydrogen) atoms. The van der Waals surface area contributed by atoms with Gasteiger partial charge in [0.2, 0.25) is 0 Å². The summed E-state index contributed by atoms with van der Waals surface area (Å²) in [5.74, 6) is -3.34. The minimum Gasteiger partial charge on any atom is -0.494 e. The summed E-state index contributed by atoms with van der Waals surface area (Å²) in [6, 6.07) is 8.99. The molecule has 1 N–H and O–H groups in total. The molecule has 5 heteroatoms. The van der Waals surface area contributed by atoms with Crippen molar-refractivity contribution in [3.8, 4) is 16.9 Å². The molecule has 3 nitrogen and oxygen atoms in total. The van der Waals surface area contributed by atoms with Gasteiger partial charge in [-0.1, -0.05) is 50.8 Å². The summed E-state index contributed by atoms with van der Waals surface area (Å²) in [4.78, 5) is 10.8. The third-order valence-corrected chi connectivity index (χ3v) is 3.99. The molecule has 0 fully saturated rings. The third kappa shape index (κ3) is 5.02. The number of carboxylic acids is 1. The standard InChI is InChI=1S/C20H22F2O3/c1-2-3-4-5-6-13-25-15-9-7-14(8-10-15)16-11-12-17(20(23)24)19(22)18(16)21/h7-12H,2-6,13H2,1H3,(H,23,24). The molecule has 0 aliphatic carbocycles. The average Bonchev–Trinajstić information content (AvgIpc) is 2.60. The van der Waals surface area contributed by atoms with Crippen molar-refractivity contribution in [2.24, 2.45) is 0 Å². The van der Waals surface area contributed by atoms with Crippen LogP contribution in [0.2, 0.25) is 0 Å². The second-order valence-corrected chi connectivity index (χ2v) is 5.88. The number of benzene rings is 2. The molecule has 134 valence electrons. The molecule has 2 aromatic carbocycles. The zero-order chi connectivity index (χ0) is 18.2. The van der Waals surface area contributed by atoms with Crippen molar-refractivity contribution in [3.05, 3.63) is 53.6 Å². The minimum absolute atomic E-state index is 0.0219. The van der Waals surface area contributed by atoms with E-state index in [0.29, 0.717) is 17.9 Å². The molecule has 0 atom stereocenters. The molecule has 0 aliphatic heterocycles. The summed E-state index contributed by atoms with van der Waals surface area (Å²) in [5.41, 5.74) is -0.193. The molecule has 0 saturated heterocycles. The normalized spacial score (nSPS) is 10.7. The van der Waals surface area contributed by atoms with Crippen molar-refractivity contribution in [2.75, 3.05) is 6.61 Å². The fourth-order valence-electron chi connectivity index (χ4n) is 2.56. The molecule has 0 spiro atoms. The maximum absolute atomic E-state index is 14.1. The van der Waals surface area contributed by atoms with Crippen molar-refractivity contribution in [1.82, 2.24) is 0 Å². The Labute approximate surface area is 146 Å². The Morgan fingerprint density at radius 2 is 1.64 bits per heavy atom. The largest absolute Gasteiger partial charge is 0.494 e. The monoisotopic (exact) mass is 348 g/mol. The predicted octanol–water partition coefficient (Wildman–Crippen LogP) is 5.68. The Balaban J connectivity index is 2.00. The number of hydrogen-bond acceptors (Lipinski definition) is 2. The summed E-state index contributed by atoms with van der Waals surface area (Å²) >= 11 is 0. The van der Waals surface area contributed by atoms with Crippen LogP contribution in [0.25, 0.3) is 11.1 Å². The van der Waals surface area contributed by atoms with Gasteiger partial charge in [0.15, 0.2) is 11.6 Å². The van der Waals surface area contributed by atoms with Gasteiger partial charge in [-0.3, -0.25) is 0 Å². The van der Waals surface area contributed by atoms with E-state index >= 15 is 0 Å². The van der Waals surface area contributed by atoms with Gasteiger partial charge in [0.05, 0.1) is 12.2 Å². The highest BCUT2D eigenvalue weighted by molar-refractivity contribution is 5.88. The van der Waals surface area contributed by atoms with E-state index in [1.165, 1.54) is 25.3 Å². The van der Waals surface area contributed by atoms with E-state index in [0.717, 1.165) is 18.9 Å². The molecule has 2 aromatic rings. The van der Waals surface area contributed by atoms with Gasteiger partial charge in [0, 0.05) is 5.56 Å². The van der Waals surface area contributed by atoms with Gasteiger partial charge in [0.25, 0.3) is 0 Å². The van der Waals surface area contributed by atoms with E-state index in [4.69, 9.17) is 9.84 Å². The Hall–Kier alpha value is -2.43. The lowest BCUT2D eigenvalue weighted by Gasteiger charge is -2.09. The average molecular weight is 348 g/mol. The van der Waals surface area contributed by atoms with E-state index in [1.54, 1.807) is 24.3 Å². The number of hydrogen-bond donors (Lipinski definition) is 1. The quantitative estimate of drug-likeness (QED) is 0.593. The van der Waals surface area contributed by atoms with Crippen LogP contribution in [0.3, 0.4) is 0 Å². The van der Waals surface area contributed by atoms with Gasteiger partial charge < -0.3 is 9.84 Å². The number of carbonyl (C=O) groups is 1. The highest BCUT2D eigenvalue weighted by atomic mass is 19.2. The number of carboxylic acid groups (broad SMARTS) is 1. The number of aromatic carboxylic acids is 1. The van der Waals surface area contributed by atoms with Crippen LogP contribution >= 0.6 is 0 Å². The number of rotatable bonds is 9. The SMILES string of the molecule is CCCCCCCOc1ccc(-c2ccc(C(=O)O)c(F)c2F)cc1. The Bertz CT molecular complexity index is 712. The Kier molecular flexibility index (Phi) is 6.92. The zero-order valence-corrected chi connectivity index (χ0v) is 14.2. The molecular weight excluding hydrogens is 326 g/mol. The van der Waals surface area contributed by atoms with Crippen LogP contribution in [-0.2, 0) is 0 Å². The van der Waals surface area contributed by atoms with Crippen molar-refractivity contribution in [1.29, 1.82) is 0 Å². The van der Waals surface area contributed by atoms with Gasteiger partial charge >= 0.3 is 5.97 Å². The molecule has 0 aliphatic rings. The van der Waals surface area contributed by atoms with E-state index in [-0.39, 0.29) is 5.56 Å². The number of ether oxygens (including phenoxy) is 1. The van der Waals surface area contributed by atoms with Crippen LogP contribution in [0.1, 0.15) is 49.4 Å². The summed E-state index contributed by atoms with van der Waals surface area (Å²) < 4.78 is 33.5. The number of halogens is 2. The maximum atomic E-state index is 14.1. The van der Waals surface area contributed by atoms with E-state index in [1.807, 2.05) is 0 Å². The topological polar surface area (TPSA) is 46.5 Å². The van der Waals surface area contributed by atoms with Crippen LogP contribution < -0.4 is 4.74 Å². The molecule has 0 radical (unpaired) electrons. The second-order valence-electron chi connectivity index (χ2n) is 5.88. The van der Waals surface area contributed by atoms with Crippen LogP contribution in [0.4, 0.5) is 8.78 Å². The molecule has 0 bridgehead atoms. The molecule has 0 saturated carbocycles. The lowest BCUT2D eigenvalue weighted by molar-refractivity contribution is 0.0690. The van der Waals surface area contributed by atoms with Crippen molar-refractivity contribution in [2.45, 2.75) is 39.0 Å². The molecule has 0 unspecified atom stereocenters. The fourth-order valence-corrected chi connectivity index (χ4v) is 2.56. The van der Waals surface area contributed by atoms with Gasteiger partial charge in [-0.15, -0.1) is 0 Å². The predicted molar refractivity (Wildman–Crippen MR) is 93.0 cm³/mol. The first-order valence-corrected chi connectivity index (χ1v) is 8.49. The van der Waals surface area contributed by atoms with E-state index < -0.39 is 23.2 Å². The van der Waals surface area contributed by atoms with Crippen molar-refractivity contribution >= 4 is 5.97 Å². The second kappa shape index (κ2) is 9.16. The first kappa shape index (κ1) is 18.9. The fraction of sp³-hybridized carbons (Fsp3) is 0.350. The zero-order valence-electron chi connectivity index (χ0n) is 14.2. The molecule has 0 amide bonds. The van der Waals surface area contributed by atoms with Gasteiger partial charge in [0.1, 0.15) is 5.75 Å². The summed E-state index contributed by atoms with van der Waals surface area (Å²) in [6.45, 7) is 2.79. The van der Waals surface area contributed by atoms with Crippen LogP contribution in [-0.4, -0.2) is 17.7 Å². The smallest absolute Gasteiger partial charge is 0.338 e. The highest BCUT2D eigenvalue weighted by Crippen LogP contribution is 2.28. The van der Waals surface area contributed by atoms with Crippen molar-refractivity contribution in [3.63, 3.8) is 0 Å². The first-order chi connectivity index (χ1) is 12.0. The first-order valence-electron chi connectivity index (χ1n) is 8.49. The molecule has 2 rings (SSSR count). The van der Waals surface area contributed by atoms with E-state index in [9.17, 15) is 13.6 Å². The summed E-state index contributed by atoms with van der Waals surface area (Å²) in [5, 5.41) is 8.82. The van der Waals surface area contributed by atoms with Crippen molar-refractivity contribution < 1.29 is 23.4 Å². The summed E-state index contributed by atoms with van der Waals surface area (Å²) in [7, 11) is 0. The van der Waals surface area contributed by atoms with Gasteiger partial charge in [-0.25, -0.2) is 13.6 Å². The van der Waals surface area contributed by atoms with E-state index in [2.05, 4.69) is 6.92 Å². The minimum atomic E-state index is -1.49. The van der Waals surface area contributed by atoms with Gasteiger partial charge in [-0.2, -0.15) is 0 Å². The van der Waals surface area contributed by atoms with Crippen LogP contribution in [0.5, 0.6) is 5.75 Å². The molecular formula is C20H22F2O3. The Morgan fingerprint density at radius 3 is 2.28 bits per heavy atom. The highest BCUT2D eigenvalue weighted by Gasteiger charge is 2.18. The lowest BCUT2D eigenvalue weighted by atomic mass is 10.0. The number of unbranched alkanes of at least 4 members (excludes halogenated alkanes) is 4. The third-order valence-electron chi connectivity index (χ3n) is 3.99. The van der Waals surface area contributed by atoms with Gasteiger partial charge in [-0.05, 0) is 30.2 Å². The van der Waals surface area contributed by atoms with Crippen LogP contribution in [0.15, 0.2) is 36.4 Å². The Morgan fingerprint density at radius 1 is 0.960 bits per heavy atom. The molecule has 0 heterocycles.